The Kier molecular flexibility index (Phi) is 2.96. The van der Waals surface area contributed by atoms with Gasteiger partial charge in [-0.15, -0.1) is 10.2 Å². The lowest BCUT2D eigenvalue weighted by molar-refractivity contribution is -0.113. The molecule has 96 valence electrons. The molecule has 3 rings (SSSR count). The van der Waals surface area contributed by atoms with Gasteiger partial charge in [0.1, 0.15) is 10.8 Å². The molecule has 0 saturated carbocycles. The Hall–Kier alpha value is -1.93. The number of hydrogen-bond acceptors (Lipinski definition) is 7. The van der Waals surface area contributed by atoms with Crippen LogP contribution < -0.4 is 4.90 Å². The van der Waals surface area contributed by atoms with Crippen molar-refractivity contribution in [1.82, 2.24) is 10.2 Å². The van der Waals surface area contributed by atoms with E-state index < -0.39 is 0 Å². The van der Waals surface area contributed by atoms with Gasteiger partial charge in [-0.3, -0.25) is 10.2 Å². The van der Waals surface area contributed by atoms with Gasteiger partial charge < -0.3 is 4.42 Å². The SMILES string of the molecule is Cc1nnc(N2C(=N)S/C(=C\c3ccco3)C2=O)s1. The highest BCUT2D eigenvalue weighted by molar-refractivity contribution is 8.19. The van der Waals surface area contributed by atoms with E-state index in [0.29, 0.717) is 15.8 Å². The summed E-state index contributed by atoms with van der Waals surface area (Å²) in [5.74, 6) is 0.307. The number of aryl methyl sites for hydroxylation is 1. The van der Waals surface area contributed by atoms with Gasteiger partial charge >= 0.3 is 0 Å². The molecule has 0 spiro atoms. The quantitative estimate of drug-likeness (QED) is 0.860. The van der Waals surface area contributed by atoms with Crippen LogP contribution in [0.15, 0.2) is 27.7 Å². The van der Waals surface area contributed by atoms with E-state index in [2.05, 4.69) is 10.2 Å². The summed E-state index contributed by atoms with van der Waals surface area (Å²) in [7, 11) is 0. The van der Waals surface area contributed by atoms with Gasteiger partial charge in [0.05, 0.1) is 11.2 Å². The highest BCUT2D eigenvalue weighted by Gasteiger charge is 2.35. The number of anilines is 1. The average Bonchev–Trinajstić information content (AvgIpc) is 3.05. The van der Waals surface area contributed by atoms with E-state index in [4.69, 9.17) is 9.83 Å². The molecule has 2 aromatic heterocycles. The first-order chi connectivity index (χ1) is 9.15. The minimum atomic E-state index is -0.275. The standard InChI is InChI=1S/C11H8N4O2S2/c1-6-13-14-11(18-6)15-9(16)8(19-10(15)12)5-7-3-2-4-17-7/h2-5,12H,1H3/b8-5-,12-10?. The van der Waals surface area contributed by atoms with Crippen molar-refractivity contribution in [3.8, 4) is 0 Å². The first kappa shape index (κ1) is 12.1. The third-order valence-electron chi connectivity index (χ3n) is 2.35. The van der Waals surface area contributed by atoms with Crippen molar-refractivity contribution < 1.29 is 9.21 Å². The number of nitrogens with one attached hydrogen (secondary N) is 1. The molecule has 6 nitrogen and oxygen atoms in total. The van der Waals surface area contributed by atoms with E-state index in [1.807, 2.05) is 0 Å². The Morgan fingerprint density at radius 3 is 2.95 bits per heavy atom. The van der Waals surface area contributed by atoms with Crippen LogP contribution in [0.3, 0.4) is 0 Å². The molecule has 8 heteroatoms. The van der Waals surface area contributed by atoms with Crippen molar-refractivity contribution in [1.29, 1.82) is 5.41 Å². The normalized spacial score (nSPS) is 17.7. The van der Waals surface area contributed by atoms with Crippen LogP contribution in [-0.2, 0) is 4.79 Å². The lowest BCUT2D eigenvalue weighted by atomic mass is 10.3. The minimum Gasteiger partial charge on any atom is -0.465 e. The van der Waals surface area contributed by atoms with Gasteiger partial charge in [0.25, 0.3) is 5.91 Å². The maximum absolute atomic E-state index is 12.2. The van der Waals surface area contributed by atoms with Crippen molar-refractivity contribution in [2.24, 2.45) is 0 Å². The summed E-state index contributed by atoms with van der Waals surface area (Å²) in [6, 6.07) is 3.50. The molecule has 1 N–H and O–H groups in total. The van der Waals surface area contributed by atoms with Crippen LogP contribution in [0.2, 0.25) is 0 Å². The van der Waals surface area contributed by atoms with Crippen LogP contribution in [-0.4, -0.2) is 21.3 Å². The van der Waals surface area contributed by atoms with Crippen LogP contribution in [0.1, 0.15) is 10.8 Å². The van der Waals surface area contributed by atoms with Crippen LogP contribution in [0.25, 0.3) is 6.08 Å². The molecule has 1 saturated heterocycles. The van der Waals surface area contributed by atoms with Gasteiger partial charge in [-0.2, -0.15) is 0 Å². The zero-order chi connectivity index (χ0) is 13.4. The summed E-state index contributed by atoms with van der Waals surface area (Å²) >= 11 is 2.36. The molecular formula is C11H8N4O2S2. The molecule has 1 aliphatic heterocycles. The smallest absolute Gasteiger partial charge is 0.273 e. The second-order valence-electron chi connectivity index (χ2n) is 3.68. The first-order valence-electron chi connectivity index (χ1n) is 5.31. The van der Waals surface area contributed by atoms with Crippen molar-refractivity contribution >= 4 is 45.4 Å². The molecule has 0 radical (unpaired) electrons. The number of thioether (sulfide) groups is 1. The Balaban J connectivity index is 1.93. The summed E-state index contributed by atoms with van der Waals surface area (Å²) in [5, 5.41) is 16.9. The average molecular weight is 292 g/mol. The van der Waals surface area contributed by atoms with Gasteiger partial charge in [0.15, 0.2) is 5.17 Å². The van der Waals surface area contributed by atoms with Crippen LogP contribution in [0, 0.1) is 12.3 Å². The number of carbonyl (C=O) groups is 1. The Bertz CT molecular complexity index is 675. The molecule has 0 unspecified atom stereocenters. The lowest BCUT2D eigenvalue weighted by Gasteiger charge is -2.08. The Labute approximate surface area is 116 Å². The van der Waals surface area contributed by atoms with Crippen molar-refractivity contribution in [3.63, 3.8) is 0 Å². The predicted molar refractivity (Wildman–Crippen MR) is 74.1 cm³/mol. The largest absolute Gasteiger partial charge is 0.465 e. The van der Waals surface area contributed by atoms with Gasteiger partial charge in [0.2, 0.25) is 5.13 Å². The summed E-state index contributed by atoms with van der Waals surface area (Å²) in [5.41, 5.74) is 0. The summed E-state index contributed by atoms with van der Waals surface area (Å²) in [6.07, 6.45) is 3.16. The summed E-state index contributed by atoms with van der Waals surface area (Å²) in [6.45, 7) is 1.80. The molecule has 3 heterocycles. The molecule has 1 fully saturated rings. The number of aromatic nitrogens is 2. The molecule has 0 aromatic carbocycles. The Morgan fingerprint density at radius 2 is 2.32 bits per heavy atom. The third kappa shape index (κ3) is 2.20. The number of hydrogen-bond donors (Lipinski definition) is 1. The van der Waals surface area contributed by atoms with E-state index in [9.17, 15) is 4.79 Å². The molecule has 19 heavy (non-hydrogen) atoms. The third-order valence-corrected chi connectivity index (χ3v) is 4.06. The van der Waals surface area contributed by atoms with E-state index in [0.717, 1.165) is 16.8 Å². The fourth-order valence-corrected chi connectivity index (χ4v) is 3.11. The highest BCUT2D eigenvalue weighted by atomic mass is 32.2. The topological polar surface area (TPSA) is 83.1 Å². The van der Waals surface area contributed by atoms with Crippen molar-refractivity contribution in [3.05, 3.63) is 34.1 Å². The van der Waals surface area contributed by atoms with E-state index in [1.165, 1.54) is 22.5 Å². The van der Waals surface area contributed by atoms with Crippen molar-refractivity contribution in [2.75, 3.05) is 4.90 Å². The molecule has 1 amide bonds. The lowest BCUT2D eigenvalue weighted by Crippen LogP contribution is -2.27. The van der Waals surface area contributed by atoms with E-state index in [1.54, 1.807) is 25.1 Å². The van der Waals surface area contributed by atoms with Gasteiger partial charge in [-0.25, -0.2) is 4.90 Å². The number of amidine groups is 1. The van der Waals surface area contributed by atoms with Crippen LogP contribution in [0.4, 0.5) is 5.13 Å². The van der Waals surface area contributed by atoms with E-state index in [-0.39, 0.29) is 11.1 Å². The fraction of sp³-hybridized carbons (Fsp3) is 0.0909. The maximum Gasteiger partial charge on any atom is 0.273 e. The number of amides is 1. The summed E-state index contributed by atoms with van der Waals surface area (Å²) < 4.78 is 5.17. The monoisotopic (exact) mass is 292 g/mol. The van der Waals surface area contributed by atoms with E-state index >= 15 is 0 Å². The minimum absolute atomic E-state index is 0.124. The summed E-state index contributed by atoms with van der Waals surface area (Å²) in [4.78, 5) is 13.9. The number of furan rings is 1. The number of nitrogens with zero attached hydrogens (tertiary/aromatic N) is 3. The molecular weight excluding hydrogens is 284 g/mol. The predicted octanol–water partition coefficient (Wildman–Crippen LogP) is 2.50. The number of rotatable bonds is 2. The Morgan fingerprint density at radius 1 is 1.47 bits per heavy atom. The van der Waals surface area contributed by atoms with Crippen LogP contribution >= 0.6 is 23.1 Å². The molecule has 0 bridgehead atoms. The first-order valence-corrected chi connectivity index (χ1v) is 6.94. The molecule has 0 aliphatic carbocycles. The second-order valence-corrected chi connectivity index (χ2v) is 5.87. The zero-order valence-electron chi connectivity index (χ0n) is 9.78. The maximum atomic E-state index is 12.2. The second kappa shape index (κ2) is 4.63. The van der Waals surface area contributed by atoms with Gasteiger partial charge in [0, 0.05) is 6.08 Å². The van der Waals surface area contributed by atoms with Gasteiger partial charge in [-0.1, -0.05) is 11.3 Å². The zero-order valence-corrected chi connectivity index (χ0v) is 11.4. The van der Waals surface area contributed by atoms with Crippen molar-refractivity contribution in [2.45, 2.75) is 6.92 Å². The highest BCUT2D eigenvalue weighted by Crippen LogP contribution is 2.36. The fourth-order valence-electron chi connectivity index (χ4n) is 1.54. The number of carbonyl (C=O) groups excluding carboxylic acids is 1. The van der Waals surface area contributed by atoms with Crippen LogP contribution in [0.5, 0.6) is 0 Å². The molecule has 0 atom stereocenters. The molecule has 1 aliphatic rings. The molecule has 2 aromatic rings. The van der Waals surface area contributed by atoms with Gasteiger partial charge in [-0.05, 0) is 30.8 Å².